The Hall–Kier alpha value is -3.54. The van der Waals surface area contributed by atoms with Crippen LogP contribution in [0.5, 0.6) is 11.5 Å². The third-order valence-electron chi connectivity index (χ3n) is 6.48. The van der Waals surface area contributed by atoms with E-state index in [0.29, 0.717) is 22.2 Å². The van der Waals surface area contributed by atoms with Gasteiger partial charge < -0.3 is 20.2 Å². The molecule has 2 aromatic heterocycles. The molecule has 0 saturated heterocycles. The number of unbranched alkanes of at least 4 members (excludes halogenated alkanes) is 6. The van der Waals surface area contributed by atoms with Crippen LogP contribution >= 0.6 is 0 Å². The first kappa shape index (κ1) is 27.1. The lowest BCUT2D eigenvalue weighted by atomic mass is 10.1. The minimum atomic E-state index is -0.272. The first-order chi connectivity index (χ1) is 17.5. The van der Waals surface area contributed by atoms with Gasteiger partial charge in [0, 0.05) is 21.8 Å². The minimum absolute atomic E-state index is 0.116. The van der Waals surface area contributed by atoms with Crippen LogP contribution in [-0.4, -0.2) is 20.2 Å². The summed E-state index contributed by atoms with van der Waals surface area (Å²) in [5.74, 6) is -0.242. The van der Waals surface area contributed by atoms with Crippen LogP contribution in [0, 0.1) is 0 Å². The molecule has 36 heavy (non-hydrogen) atoms. The molecule has 4 aromatic rings. The van der Waals surface area contributed by atoms with E-state index in [-0.39, 0.29) is 22.4 Å². The molecular formula is C30H38N2O4. The van der Waals surface area contributed by atoms with Crippen LogP contribution < -0.4 is 10.9 Å². The van der Waals surface area contributed by atoms with Crippen molar-refractivity contribution in [2.45, 2.75) is 78.1 Å². The average molecular weight is 491 g/mol. The predicted octanol–water partition coefficient (Wildman–Crippen LogP) is 6.71. The molecule has 4 rings (SSSR count). The van der Waals surface area contributed by atoms with Crippen LogP contribution in [0.15, 0.2) is 58.1 Å². The first-order valence-electron chi connectivity index (χ1n) is 13.1. The summed E-state index contributed by atoms with van der Waals surface area (Å²) in [5, 5.41) is 20.9. The number of nitrogens with one attached hydrogen (secondary N) is 2. The van der Waals surface area contributed by atoms with Crippen molar-refractivity contribution in [3.63, 3.8) is 0 Å². The van der Waals surface area contributed by atoms with Gasteiger partial charge in [0.1, 0.15) is 0 Å². The lowest BCUT2D eigenvalue weighted by Crippen LogP contribution is -2.07. The van der Waals surface area contributed by atoms with Gasteiger partial charge in [0.25, 0.3) is 0 Å². The Morgan fingerprint density at radius 3 is 1.44 bits per heavy atom. The Balaban J connectivity index is 0.000000202. The van der Waals surface area contributed by atoms with Gasteiger partial charge in [-0.15, -0.1) is 0 Å². The van der Waals surface area contributed by atoms with E-state index in [2.05, 4.69) is 23.8 Å². The second-order valence-electron chi connectivity index (χ2n) is 9.28. The normalized spacial score (nSPS) is 10.9. The molecule has 0 amide bonds. The molecule has 0 spiro atoms. The molecule has 2 aromatic carbocycles. The maximum atomic E-state index is 12.0. The molecule has 192 valence electrons. The lowest BCUT2D eigenvalue weighted by molar-refractivity contribution is 0.458. The van der Waals surface area contributed by atoms with Crippen LogP contribution in [0.3, 0.4) is 0 Å². The molecule has 0 aliphatic heterocycles. The highest BCUT2D eigenvalue weighted by atomic mass is 16.3. The smallest absolute Gasteiger partial charge is 0.231 e. The van der Waals surface area contributed by atoms with Gasteiger partial charge in [-0.3, -0.25) is 9.59 Å². The first-order valence-corrected chi connectivity index (χ1v) is 13.1. The van der Waals surface area contributed by atoms with Crippen LogP contribution in [0.25, 0.3) is 21.8 Å². The highest BCUT2D eigenvalue weighted by molar-refractivity contribution is 5.80. The molecule has 2 heterocycles. The summed E-state index contributed by atoms with van der Waals surface area (Å²) in [6, 6.07) is 14.6. The van der Waals surface area contributed by atoms with Gasteiger partial charge >= 0.3 is 0 Å². The number of rotatable bonds is 10. The SMILES string of the molecule is CCCCCCCc1[nH]c2ccccc2c(=O)c1O.CCCCCc1[nH]c2ccccc2c(=O)c1O. The zero-order valence-electron chi connectivity index (χ0n) is 21.4. The molecule has 0 aliphatic carbocycles. The van der Waals surface area contributed by atoms with Crippen LogP contribution in [0.2, 0.25) is 0 Å². The lowest BCUT2D eigenvalue weighted by Gasteiger charge is -2.07. The summed E-state index contributed by atoms with van der Waals surface area (Å²) in [4.78, 5) is 30.2. The second kappa shape index (κ2) is 13.5. The fraction of sp³-hybridized carbons (Fsp3) is 0.400. The third-order valence-corrected chi connectivity index (χ3v) is 6.48. The standard InChI is InChI=1S/C16H21NO2.C14H17NO2/c1-2-3-4-5-6-11-14-16(19)15(18)12-9-7-8-10-13(12)17-14;1-2-3-4-9-12-14(17)13(16)10-7-5-6-8-11(10)15-12/h7-10,19H,2-6,11H2,1H3,(H,17,18);5-8,17H,2-4,9H2,1H3,(H,15,16). The molecule has 0 saturated carbocycles. The zero-order valence-corrected chi connectivity index (χ0v) is 21.4. The number of hydrogen-bond donors (Lipinski definition) is 4. The number of para-hydroxylation sites is 2. The van der Waals surface area contributed by atoms with E-state index >= 15 is 0 Å². The van der Waals surface area contributed by atoms with Crippen molar-refractivity contribution in [1.29, 1.82) is 0 Å². The van der Waals surface area contributed by atoms with Gasteiger partial charge in [-0.2, -0.15) is 0 Å². The van der Waals surface area contributed by atoms with Crippen molar-refractivity contribution in [3.8, 4) is 11.5 Å². The third kappa shape index (κ3) is 6.78. The van der Waals surface area contributed by atoms with E-state index in [1.807, 2.05) is 24.3 Å². The van der Waals surface area contributed by atoms with Gasteiger partial charge in [-0.25, -0.2) is 0 Å². The highest BCUT2D eigenvalue weighted by Gasteiger charge is 2.11. The molecule has 0 bridgehead atoms. The molecule has 4 N–H and O–H groups in total. The monoisotopic (exact) mass is 490 g/mol. The summed E-state index contributed by atoms with van der Waals surface area (Å²) >= 11 is 0. The van der Waals surface area contributed by atoms with E-state index in [1.165, 1.54) is 19.3 Å². The molecule has 6 nitrogen and oxygen atoms in total. The number of aromatic nitrogens is 2. The molecule has 6 heteroatoms. The summed E-state index contributed by atoms with van der Waals surface area (Å²) in [6.45, 7) is 4.32. The van der Waals surface area contributed by atoms with Crippen molar-refractivity contribution in [3.05, 3.63) is 80.4 Å². The zero-order chi connectivity index (χ0) is 25.9. The van der Waals surface area contributed by atoms with Crippen LogP contribution in [-0.2, 0) is 12.8 Å². The average Bonchev–Trinajstić information content (AvgIpc) is 2.90. The molecule has 0 atom stereocenters. The van der Waals surface area contributed by atoms with Crippen molar-refractivity contribution >= 4 is 21.8 Å². The van der Waals surface area contributed by atoms with E-state index in [4.69, 9.17) is 0 Å². The number of aryl methyl sites for hydroxylation is 2. The molecular weight excluding hydrogens is 452 g/mol. The largest absolute Gasteiger partial charge is 0.503 e. The van der Waals surface area contributed by atoms with E-state index < -0.39 is 0 Å². The van der Waals surface area contributed by atoms with Gasteiger partial charge in [0.05, 0.1) is 11.4 Å². The minimum Gasteiger partial charge on any atom is -0.503 e. The Labute approximate surface area is 212 Å². The summed E-state index contributed by atoms with van der Waals surface area (Å²) < 4.78 is 0. The highest BCUT2D eigenvalue weighted by Crippen LogP contribution is 2.19. The number of hydrogen-bond acceptors (Lipinski definition) is 4. The molecule has 0 aliphatic rings. The van der Waals surface area contributed by atoms with Gasteiger partial charge in [-0.05, 0) is 49.9 Å². The number of fused-ring (bicyclic) bond motifs is 2. The summed E-state index contributed by atoms with van der Waals surface area (Å²) in [6.07, 6.45) is 10.5. The van der Waals surface area contributed by atoms with E-state index in [0.717, 1.165) is 56.0 Å². The molecule has 0 radical (unpaired) electrons. The van der Waals surface area contributed by atoms with E-state index in [1.54, 1.807) is 24.3 Å². The number of H-pyrrole nitrogens is 2. The van der Waals surface area contributed by atoms with Crippen molar-refractivity contribution in [2.24, 2.45) is 0 Å². The number of pyridine rings is 2. The predicted molar refractivity (Wildman–Crippen MR) is 148 cm³/mol. The second-order valence-corrected chi connectivity index (χ2v) is 9.28. The number of benzene rings is 2. The van der Waals surface area contributed by atoms with Crippen molar-refractivity contribution < 1.29 is 10.2 Å². The topological polar surface area (TPSA) is 106 Å². The Morgan fingerprint density at radius 1 is 0.583 bits per heavy atom. The van der Waals surface area contributed by atoms with Crippen molar-refractivity contribution in [1.82, 2.24) is 9.97 Å². The quantitative estimate of drug-likeness (QED) is 0.185. The molecule has 0 fully saturated rings. The Kier molecular flexibility index (Phi) is 10.2. The van der Waals surface area contributed by atoms with Crippen LogP contribution in [0.4, 0.5) is 0 Å². The van der Waals surface area contributed by atoms with E-state index in [9.17, 15) is 19.8 Å². The van der Waals surface area contributed by atoms with Crippen LogP contribution in [0.1, 0.15) is 76.6 Å². The Morgan fingerprint density at radius 2 is 0.972 bits per heavy atom. The molecule has 0 unspecified atom stereocenters. The summed E-state index contributed by atoms with van der Waals surface area (Å²) in [5.41, 5.74) is 2.38. The summed E-state index contributed by atoms with van der Waals surface area (Å²) in [7, 11) is 0. The maximum Gasteiger partial charge on any atom is 0.231 e. The fourth-order valence-electron chi connectivity index (χ4n) is 4.37. The number of aromatic amines is 2. The Bertz CT molecular complexity index is 1390. The van der Waals surface area contributed by atoms with Gasteiger partial charge in [-0.1, -0.05) is 76.6 Å². The van der Waals surface area contributed by atoms with Gasteiger partial charge in [0.2, 0.25) is 10.9 Å². The van der Waals surface area contributed by atoms with Crippen molar-refractivity contribution in [2.75, 3.05) is 0 Å². The number of aromatic hydroxyl groups is 2. The fourth-order valence-corrected chi connectivity index (χ4v) is 4.37. The maximum absolute atomic E-state index is 12.0. The van der Waals surface area contributed by atoms with Gasteiger partial charge in [0.15, 0.2) is 11.5 Å².